The molecule has 0 aliphatic carbocycles. The fourth-order valence-corrected chi connectivity index (χ4v) is 3.99. The third kappa shape index (κ3) is 6.21. The van der Waals surface area contributed by atoms with Gasteiger partial charge in [0, 0.05) is 24.4 Å². The van der Waals surface area contributed by atoms with Gasteiger partial charge in [0.2, 0.25) is 10.0 Å². The minimum absolute atomic E-state index is 0.0116. The van der Waals surface area contributed by atoms with Crippen molar-refractivity contribution in [3.8, 4) is 0 Å². The van der Waals surface area contributed by atoms with E-state index in [2.05, 4.69) is 10.0 Å². The summed E-state index contributed by atoms with van der Waals surface area (Å²) in [4.78, 5) is 0.880. The number of hydrogen-bond donors (Lipinski definition) is 2. The third-order valence-corrected chi connectivity index (χ3v) is 5.47. The van der Waals surface area contributed by atoms with Crippen LogP contribution in [0.25, 0.3) is 0 Å². The summed E-state index contributed by atoms with van der Waals surface area (Å²) in [6.07, 6.45) is -5.00. The van der Waals surface area contributed by atoms with E-state index in [4.69, 9.17) is 0 Å². The van der Waals surface area contributed by atoms with E-state index < -0.39 is 22.6 Å². The maximum Gasteiger partial charge on any atom is 0.389 e. The number of hydrogen-bond acceptors (Lipinski definition) is 4. The van der Waals surface area contributed by atoms with Crippen molar-refractivity contribution in [1.29, 1.82) is 0 Å². The Bertz CT molecular complexity index is 512. The molecule has 0 aliphatic heterocycles. The van der Waals surface area contributed by atoms with Crippen LogP contribution in [0.4, 0.5) is 13.2 Å². The Morgan fingerprint density at radius 2 is 1.95 bits per heavy atom. The van der Waals surface area contributed by atoms with Crippen LogP contribution in [-0.4, -0.2) is 28.2 Å². The standard InChI is InChI=1S/C11H17F3N2O2S2/c1-15-8-9-4-5-10(19-9)20(17,18)16-7-3-2-6-11(12,13)14/h4-5,15-16H,2-3,6-8H2,1H3. The molecule has 1 rings (SSSR count). The first kappa shape index (κ1) is 17.4. The molecule has 0 bridgehead atoms. The van der Waals surface area contributed by atoms with E-state index in [-0.39, 0.29) is 23.6 Å². The monoisotopic (exact) mass is 330 g/mol. The Morgan fingerprint density at radius 1 is 1.25 bits per heavy atom. The Kier molecular flexibility index (Phi) is 6.44. The molecule has 0 fully saturated rings. The van der Waals surface area contributed by atoms with Crippen LogP contribution in [0.1, 0.15) is 24.1 Å². The third-order valence-electron chi connectivity index (χ3n) is 2.43. The van der Waals surface area contributed by atoms with Gasteiger partial charge in [-0.05, 0) is 32.0 Å². The molecule has 116 valence electrons. The molecule has 20 heavy (non-hydrogen) atoms. The van der Waals surface area contributed by atoms with Crippen molar-refractivity contribution in [2.45, 2.75) is 36.2 Å². The predicted molar refractivity (Wildman–Crippen MR) is 72.2 cm³/mol. The summed E-state index contributed by atoms with van der Waals surface area (Å²) in [6, 6.07) is 3.20. The average molecular weight is 330 g/mol. The number of sulfonamides is 1. The van der Waals surface area contributed by atoms with E-state index in [1.165, 1.54) is 6.07 Å². The summed E-state index contributed by atoms with van der Waals surface area (Å²) in [5, 5.41) is 2.91. The maximum atomic E-state index is 11.9. The Morgan fingerprint density at radius 3 is 2.55 bits per heavy atom. The highest BCUT2D eigenvalue weighted by atomic mass is 32.2. The molecule has 4 nitrogen and oxygen atoms in total. The van der Waals surface area contributed by atoms with E-state index in [0.717, 1.165) is 16.2 Å². The van der Waals surface area contributed by atoms with Crippen molar-refractivity contribution < 1.29 is 21.6 Å². The van der Waals surface area contributed by atoms with Gasteiger partial charge in [0.15, 0.2) is 0 Å². The molecular formula is C11H17F3N2O2S2. The highest BCUT2D eigenvalue weighted by molar-refractivity contribution is 7.91. The first-order chi connectivity index (χ1) is 9.24. The van der Waals surface area contributed by atoms with Crippen LogP contribution in [0.15, 0.2) is 16.3 Å². The fraction of sp³-hybridized carbons (Fsp3) is 0.636. The molecule has 0 aromatic carbocycles. The molecular weight excluding hydrogens is 313 g/mol. The van der Waals surface area contributed by atoms with E-state index in [9.17, 15) is 21.6 Å². The molecule has 0 saturated carbocycles. The number of alkyl halides is 3. The lowest BCUT2D eigenvalue weighted by molar-refractivity contribution is -0.135. The van der Waals surface area contributed by atoms with Gasteiger partial charge in [-0.3, -0.25) is 0 Å². The zero-order chi connectivity index (χ0) is 15.2. The van der Waals surface area contributed by atoms with Crippen molar-refractivity contribution in [3.63, 3.8) is 0 Å². The summed E-state index contributed by atoms with van der Waals surface area (Å²) < 4.78 is 62.0. The second-order valence-corrected chi connectivity index (χ2v) is 7.38. The molecule has 0 atom stereocenters. The molecule has 0 spiro atoms. The van der Waals surface area contributed by atoms with Crippen molar-refractivity contribution in [2.75, 3.05) is 13.6 Å². The average Bonchev–Trinajstić information content (AvgIpc) is 2.77. The SMILES string of the molecule is CNCc1ccc(S(=O)(=O)NCCCCC(F)(F)F)s1. The molecule has 1 aromatic rings. The Labute approximate surface area is 120 Å². The lowest BCUT2D eigenvalue weighted by Gasteiger charge is -2.06. The molecule has 1 heterocycles. The number of thiophene rings is 1. The Balaban J connectivity index is 2.41. The van der Waals surface area contributed by atoms with E-state index >= 15 is 0 Å². The van der Waals surface area contributed by atoms with Gasteiger partial charge in [-0.2, -0.15) is 13.2 Å². The van der Waals surface area contributed by atoms with Gasteiger partial charge in [0.1, 0.15) is 4.21 Å². The number of rotatable bonds is 8. The van der Waals surface area contributed by atoms with Crippen LogP contribution < -0.4 is 10.0 Å². The lowest BCUT2D eigenvalue weighted by Crippen LogP contribution is -2.24. The van der Waals surface area contributed by atoms with Gasteiger partial charge in [0.25, 0.3) is 0 Å². The first-order valence-electron chi connectivity index (χ1n) is 6.04. The summed E-state index contributed by atoms with van der Waals surface area (Å²) in [5.74, 6) is 0. The summed E-state index contributed by atoms with van der Waals surface area (Å²) >= 11 is 1.14. The molecule has 0 saturated heterocycles. The molecule has 9 heteroatoms. The molecule has 0 amide bonds. The van der Waals surface area contributed by atoms with Gasteiger partial charge in [-0.1, -0.05) is 0 Å². The van der Waals surface area contributed by atoms with Crippen molar-refractivity contribution in [1.82, 2.24) is 10.0 Å². The highest BCUT2D eigenvalue weighted by Crippen LogP contribution is 2.23. The van der Waals surface area contributed by atoms with Crippen molar-refractivity contribution in [2.24, 2.45) is 0 Å². The van der Waals surface area contributed by atoms with Crippen molar-refractivity contribution in [3.05, 3.63) is 17.0 Å². The first-order valence-corrected chi connectivity index (χ1v) is 8.34. The van der Waals surface area contributed by atoms with Gasteiger partial charge in [-0.25, -0.2) is 13.1 Å². The van der Waals surface area contributed by atoms with Crippen LogP contribution in [0, 0.1) is 0 Å². The molecule has 1 aromatic heterocycles. The largest absolute Gasteiger partial charge is 0.389 e. The highest BCUT2D eigenvalue weighted by Gasteiger charge is 2.26. The molecule has 0 unspecified atom stereocenters. The van der Waals surface area contributed by atoms with Crippen LogP contribution >= 0.6 is 11.3 Å². The van der Waals surface area contributed by atoms with Gasteiger partial charge in [-0.15, -0.1) is 11.3 Å². The van der Waals surface area contributed by atoms with Crippen LogP contribution in [0.3, 0.4) is 0 Å². The normalized spacial score (nSPS) is 12.8. The topological polar surface area (TPSA) is 58.2 Å². The quantitative estimate of drug-likeness (QED) is 0.720. The number of halogens is 3. The lowest BCUT2D eigenvalue weighted by atomic mass is 10.2. The minimum atomic E-state index is -4.19. The summed E-state index contributed by atoms with van der Waals surface area (Å²) in [7, 11) is -1.86. The van der Waals surface area contributed by atoms with Crippen molar-refractivity contribution >= 4 is 21.4 Å². The smallest absolute Gasteiger partial charge is 0.315 e. The second-order valence-electron chi connectivity index (χ2n) is 4.22. The maximum absolute atomic E-state index is 11.9. The predicted octanol–water partition coefficient (Wildman–Crippen LogP) is 2.48. The Hall–Kier alpha value is -0.640. The van der Waals surface area contributed by atoms with Crippen LogP contribution in [0.2, 0.25) is 0 Å². The van der Waals surface area contributed by atoms with Gasteiger partial charge in [0.05, 0.1) is 0 Å². The zero-order valence-corrected chi connectivity index (χ0v) is 12.6. The van der Waals surface area contributed by atoms with Gasteiger partial charge >= 0.3 is 6.18 Å². The number of unbranched alkanes of at least 4 members (excludes halogenated alkanes) is 1. The van der Waals surface area contributed by atoms with E-state index in [0.29, 0.717) is 6.54 Å². The fourth-order valence-electron chi connectivity index (χ4n) is 1.50. The van der Waals surface area contributed by atoms with Crippen LogP contribution in [-0.2, 0) is 16.6 Å². The van der Waals surface area contributed by atoms with E-state index in [1.807, 2.05) is 0 Å². The summed E-state index contributed by atoms with van der Waals surface area (Å²) in [5.41, 5.74) is 0. The number of nitrogens with one attached hydrogen (secondary N) is 2. The zero-order valence-electron chi connectivity index (χ0n) is 11.0. The molecule has 0 radical (unpaired) electrons. The summed E-state index contributed by atoms with van der Waals surface area (Å²) in [6.45, 7) is 0.587. The second kappa shape index (κ2) is 7.39. The van der Waals surface area contributed by atoms with E-state index in [1.54, 1.807) is 13.1 Å². The van der Waals surface area contributed by atoms with Gasteiger partial charge < -0.3 is 5.32 Å². The molecule has 2 N–H and O–H groups in total. The van der Waals surface area contributed by atoms with Crippen LogP contribution in [0.5, 0.6) is 0 Å². The minimum Gasteiger partial charge on any atom is -0.315 e. The molecule has 0 aliphatic rings.